The van der Waals surface area contributed by atoms with Gasteiger partial charge in [-0.25, -0.2) is 4.98 Å². The molecular formula is C13H18N4OS. The molecule has 0 spiro atoms. The van der Waals surface area contributed by atoms with Crippen molar-refractivity contribution in [2.45, 2.75) is 26.4 Å². The molecule has 3 rings (SSSR count). The van der Waals surface area contributed by atoms with E-state index in [0.717, 1.165) is 42.5 Å². The third-order valence-corrected chi connectivity index (χ3v) is 4.58. The summed E-state index contributed by atoms with van der Waals surface area (Å²) in [6, 6.07) is 2.15. The van der Waals surface area contributed by atoms with Crippen LogP contribution >= 0.6 is 11.3 Å². The molecule has 0 saturated carbocycles. The van der Waals surface area contributed by atoms with Gasteiger partial charge in [-0.3, -0.25) is 14.1 Å². The van der Waals surface area contributed by atoms with E-state index in [4.69, 9.17) is 0 Å². The molecule has 3 heterocycles. The van der Waals surface area contributed by atoms with Gasteiger partial charge in [0.15, 0.2) is 4.96 Å². The first-order valence-electron chi connectivity index (χ1n) is 6.56. The van der Waals surface area contributed by atoms with Crippen LogP contribution < -0.4 is 10.9 Å². The van der Waals surface area contributed by atoms with E-state index in [2.05, 4.69) is 22.1 Å². The maximum atomic E-state index is 12.1. The van der Waals surface area contributed by atoms with Crippen molar-refractivity contribution in [3.8, 4) is 0 Å². The number of nitrogens with one attached hydrogen (secondary N) is 1. The fourth-order valence-electron chi connectivity index (χ4n) is 2.51. The van der Waals surface area contributed by atoms with Gasteiger partial charge >= 0.3 is 0 Å². The summed E-state index contributed by atoms with van der Waals surface area (Å²) in [6.07, 6.45) is 0. The molecule has 1 aliphatic rings. The van der Waals surface area contributed by atoms with Gasteiger partial charge in [0, 0.05) is 49.4 Å². The van der Waals surface area contributed by atoms with Crippen molar-refractivity contribution in [2.75, 3.05) is 19.6 Å². The summed E-state index contributed by atoms with van der Waals surface area (Å²) in [5.74, 6) is 0. The zero-order valence-corrected chi connectivity index (χ0v) is 12.0. The van der Waals surface area contributed by atoms with Crippen LogP contribution in [-0.4, -0.2) is 40.0 Å². The van der Waals surface area contributed by atoms with Gasteiger partial charge in [0.25, 0.3) is 5.56 Å². The molecular weight excluding hydrogens is 260 g/mol. The van der Waals surface area contributed by atoms with E-state index in [0.29, 0.717) is 6.04 Å². The predicted octanol–water partition coefficient (Wildman–Crippen LogP) is 0.858. The van der Waals surface area contributed by atoms with Crippen LogP contribution in [0.2, 0.25) is 0 Å². The minimum absolute atomic E-state index is 0.0292. The second-order valence-electron chi connectivity index (χ2n) is 5.10. The fourth-order valence-corrected chi connectivity index (χ4v) is 3.40. The number of hydrogen-bond donors (Lipinski definition) is 1. The molecule has 2 aromatic heterocycles. The summed E-state index contributed by atoms with van der Waals surface area (Å²) in [4.78, 5) is 19.9. The minimum atomic E-state index is 0.0292. The van der Waals surface area contributed by atoms with Crippen LogP contribution in [0.4, 0.5) is 0 Å². The van der Waals surface area contributed by atoms with Crippen molar-refractivity contribution in [2.24, 2.45) is 0 Å². The molecule has 0 radical (unpaired) electrons. The molecule has 1 aliphatic heterocycles. The Labute approximate surface area is 115 Å². The SMILES string of the molecule is Cc1csc2nc(CN3CCNC[C@H]3C)cc(=O)n12. The molecule has 19 heavy (non-hydrogen) atoms. The minimum Gasteiger partial charge on any atom is -0.314 e. The standard InChI is InChI=1S/C13H18N4OS/c1-9-6-14-3-4-16(9)7-11-5-12(18)17-10(2)8-19-13(17)15-11/h5,8-9,14H,3-4,6-7H2,1-2H3/t9-/m1/s1. The van der Waals surface area contributed by atoms with E-state index in [-0.39, 0.29) is 5.56 Å². The van der Waals surface area contributed by atoms with Crippen molar-refractivity contribution in [3.05, 3.63) is 33.2 Å². The Morgan fingerprint density at radius 1 is 1.58 bits per heavy atom. The highest BCUT2D eigenvalue weighted by Crippen LogP contribution is 2.13. The van der Waals surface area contributed by atoms with E-state index in [1.807, 2.05) is 12.3 Å². The normalized spacial score (nSPS) is 21.1. The summed E-state index contributed by atoms with van der Waals surface area (Å²) in [6.45, 7) is 7.90. The van der Waals surface area contributed by atoms with Crippen molar-refractivity contribution < 1.29 is 0 Å². The first kappa shape index (κ1) is 12.8. The predicted molar refractivity (Wildman–Crippen MR) is 76.8 cm³/mol. The summed E-state index contributed by atoms with van der Waals surface area (Å²) in [5, 5.41) is 5.34. The maximum absolute atomic E-state index is 12.1. The highest BCUT2D eigenvalue weighted by atomic mass is 32.1. The summed E-state index contributed by atoms with van der Waals surface area (Å²) in [7, 11) is 0. The van der Waals surface area contributed by atoms with Crippen LogP contribution in [0.5, 0.6) is 0 Å². The van der Waals surface area contributed by atoms with Gasteiger partial charge in [0.05, 0.1) is 5.69 Å². The van der Waals surface area contributed by atoms with Crippen LogP contribution in [0.3, 0.4) is 0 Å². The Morgan fingerprint density at radius 2 is 2.42 bits per heavy atom. The second kappa shape index (κ2) is 5.03. The van der Waals surface area contributed by atoms with Crippen molar-refractivity contribution in [1.29, 1.82) is 0 Å². The Hall–Kier alpha value is -1.24. The molecule has 0 aromatic carbocycles. The smallest absolute Gasteiger partial charge is 0.259 e. The lowest BCUT2D eigenvalue weighted by atomic mass is 10.2. The zero-order chi connectivity index (χ0) is 13.4. The van der Waals surface area contributed by atoms with E-state index >= 15 is 0 Å². The van der Waals surface area contributed by atoms with E-state index in [1.165, 1.54) is 11.3 Å². The topological polar surface area (TPSA) is 49.6 Å². The third-order valence-electron chi connectivity index (χ3n) is 3.63. The molecule has 1 saturated heterocycles. The summed E-state index contributed by atoms with van der Waals surface area (Å²) in [5.41, 5.74) is 1.86. The Balaban J connectivity index is 1.91. The Bertz CT molecular complexity index is 648. The zero-order valence-electron chi connectivity index (χ0n) is 11.2. The Morgan fingerprint density at radius 3 is 3.21 bits per heavy atom. The lowest BCUT2D eigenvalue weighted by Gasteiger charge is -2.33. The van der Waals surface area contributed by atoms with Crippen molar-refractivity contribution in [3.63, 3.8) is 0 Å². The van der Waals surface area contributed by atoms with Gasteiger partial charge < -0.3 is 5.32 Å². The molecule has 1 atom stereocenters. The molecule has 2 aromatic rings. The highest BCUT2D eigenvalue weighted by Gasteiger charge is 2.19. The maximum Gasteiger partial charge on any atom is 0.259 e. The van der Waals surface area contributed by atoms with E-state index < -0.39 is 0 Å². The lowest BCUT2D eigenvalue weighted by molar-refractivity contribution is 0.164. The Kier molecular flexibility index (Phi) is 3.38. The number of aryl methyl sites for hydroxylation is 1. The van der Waals surface area contributed by atoms with Crippen molar-refractivity contribution >= 4 is 16.3 Å². The summed E-state index contributed by atoms with van der Waals surface area (Å²) >= 11 is 1.53. The van der Waals surface area contributed by atoms with Gasteiger partial charge in [-0.1, -0.05) is 0 Å². The molecule has 0 aliphatic carbocycles. The van der Waals surface area contributed by atoms with Gasteiger partial charge in [0.2, 0.25) is 0 Å². The number of thiazole rings is 1. The number of aromatic nitrogens is 2. The average molecular weight is 278 g/mol. The molecule has 0 bridgehead atoms. The number of piperazine rings is 1. The number of nitrogens with zero attached hydrogens (tertiary/aromatic N) is 3. The fraction of sp³-hybridized carbons (Fsp3) is 0.538. The molecule has 6 heteroatoms. The van der Waals surface area contributed by atoms with Crippen LogP contribution in [0, 0.1) is 6.92 Å². The lowest BCUT2D eigenvalue weighted by Crippen LogP contribution is -2.49. The van der Waals surface area contributed by atoms with Crippen LogP contribution in [-0.2, 0) is 6.54 Å². The monoisotopic (exact) mass is 278 g/mol. The van der Waals surface area contributed by atoms with Crippen LogP contribution in [0.25, 0.3) is 4.96 Å². The van der Waals surface area contributed by atoms with E-state index in [9.17, 15) is 4.79 Å². The first-order valence-corrected chi connectivity index (χ1v) is 7.44. The van der Waals surface area contributed by atoms with Crippen LogP contribution in [0.15, 0.2) is 16.2 Å². The largest absolute Gasteiger partial charge is 0.314 e. The third kappa shape index (κ3) is 2.43. The molecule has 0 unspecified atom stereocenters. The van der Waals surface area contributed by atoms with Gasteiger partial charge in [-0.15, -0.1) is 11.3 Å². The highest BCUT2D eigenvalue weighted by molar-refractivity contribution is 7.15. The number of fused-ring (bicyclic) bond motifs is 1. The van der Waals surface area contributed by atoms with Crippen molar-refractivity contribution in [1.82, 2.24) is 19.6 Å². The van der Waals surface area contributed by atoms with Gasteiger partial charge in [-0.05, 0) is 13.8 Å². The van der Waals surface area contributed by atoms with Crippen LogP contribution in [0.1, 0.15) is 18.3 Å². The summed E-state index contributed by atoms with van der Waals surface area (Å²) < 4.78 is 1.68. The van der Waals surface area contributed by atoms with E-state index in [1.54, 1.807) is 10.5 Å². The number of rotatable bonds is 2. The molecule has 5 nitrogen and oxygen atoms in total. The second-order valence-corrected chi connectivity index (χ2v) is 5.94. The first-order chi connectivity index (χ1) is 9.15. The average Bonchev–Trinajstić information content (AvgIpc) is 2.74. The molecule has 1 fully saturated rings. The molecule has 1 N–H and O–H groups in total. The quantitative estimate of drug-likeness (QED) is 0.885. The number of hydrogen-bond acceptors (Lipinski definition) is 5. The van der Waals surface area contributed by atoms with Gasteiger partial charge in [-0.2, -0.15) is 0 Å². The van der Waals surface area contributed by atoms with Gasteiger partial charge in [0.1, 0.15) is 0 Å². The molecule has 0 amide bonds. The molecule has 102 valence electrons.